The first-order valence-electron chi connectivity index (χ1n) is 3.74. The Morgan fingerprint density at radius 2 is 2.25 bits per heavy atom. The predicted octanol–water partition coefficient (Wildman–Crippen LogP) is 1.47. The smallest absolute Gasteiger partial charge is 0.213 e. The standard InChI is InChI=1S/C8H10F2N2/c1-2-11-4-6-3-8(10)12-5-7(6)9/h3,5,11H,2,4H2,1H3. The predicted molar refractivity (Wildman–Crippen MR) is 41.5 cm³/mol. The highest BCUT2D eigenvalue weighted by Crippen LogP contribution is 2.06. The molecule has 0 saturated carbocycles. The van der Waals surface area contributed by atoms with Crippen molar-refractivity contribution in [1.82, 2.24) is 10.3 Å². The van der Waals surface area contributed by atoms with Crippen molar-refractivity contribution in [3.05, 3.63) is 29.6 Å². The molecule has 0 saturated heterocycles. The van der Waals surface area contributed by atoms with Crippen LogP contribution in [0.4, 0.5) is 8.78 Å². The zero-order valence-electron chi connectivity index (χ0n) is 6.77. The molecular formula is C8H10F2N2. The van der Waals surface area contributed by atoms with Crippen molar-refractivity contribution in [2.24, 2.45) is 0 Å². The minimum absolute atomic E-state index is 0.310. The number of halogens is 2. The third-order valence-electron chi connectivity index (χ3n) is 1.47. The molecule has 0 atom stereocenters. The average Bonchev–Trinajstić information content (AvgIpc) is 2.07. The minimum Gasteiger partial charge on any atom is -0.313 e. The highest BCUT2D eigenvalue weighted by atomic mass is 19.1. The van der Waals surface area contributed by atoms with Crippen molar-refractivity contribution < 1.29 is 8.78 Å². The molecule has 0 amide bonds. The highest BCUT2D eigenvalue weighted by molar-refractivity contribution is 5.12. The molecule has 1 heterocycles. The van der Waals surface area contributed by atoms with E-state index in [4.69, 9.17) is 0 Å². The van der Waals surface area contributed by atoms with Gasteiger partial charge < -0.3 is 5.32 Å². The van der Waals surface area contributed by atoms with Crippen molar-refractivity contribution in [3.63, 3.8) is 0 Å². The molecule has 0 radical (unpaired) electrons. The van der Waals surface area contributed by atoms with E-state index >= 15 is 0 Å². The molecule has 0 unspecified atom stereocenters. The molecule has 0 bridgehead atoms. The van der Waals surface area contributed by atoms with Crippen LogP contribution in [-0.4, -0.2) is 11.5 Å². The number of nitrogens with one attached hydrogen (secondary N) is 1. The third-order valence-corrected chi connectivity index (χ3v) is 1.47. The summed E-state index contributed by atoms with van der Waals surface area (Å²) < 4.78 is 25.3. The summed E-state index contributed by atoms with van der Waals surface area (Å²) in [5, 5.41) is 2.90. The first kappa shape index (κ1) is 9.06. The maximum absolute atomic E-state index is 12.8. The summed E-state index contributed by atoms with van der Waals surface area (Å²) in [6.07, 6.45) is 0.891. The lowest BCUT2D eigenvalue weighted by atomic mass is 10.2. The van der Waals surface area contributed by atoms with Crippen LogP contribution in [0.5, 0.6) is 0 Å². The lowest BCUT2D eigenvalue weighted by Crippen LogP contribution is -2.13. The van der Waals surface area contributed by atoms with E-state index < -0.39 is 11.8 Å². The Morgan fingerprint density at radius 3 is 2.92 bits per heavy atom. The van der Waals surface area contributed by atoms with Crippen LogP contribution in [-0.2, 0) is 6.54 Å². The molecule has 1 aromatic heterocycles. The van der Waals surface area contributed by atoms with E-state index in [1.54, 1.807) is 0 Å². The van der Waals surface area contributed by atoms with Crippen molar-refractivity contribution >= 4 is 0 Å². The van der Waals surface area contributed by atoms with Gasteiger partial charge in [-0.25, -0.2) is 9.37 Å². The van der Waals surface area contributed by atoms with Gasteiger partial charge in [0.1, 0.15) is 5.82 Å². The molecule has 4 heteroatoms. The van der Waals surface area contributed by atoms with Crippen LogP contribution in [0.2, 0.25) is 0 Å². The largest absolute Gasteiger partial charge is 0.313 e. The highest BCUT2D eigenvalue weighted by Gasteiger charge is 2.02. The van der Waals surface area contributed by atoms with Crippen LogP contribution in [0.25, 0.3) is 0 Å². The normalized spacial score (nSPS) is 10.2. The molecule has 12 heavy (non-hydrogen) atoms. The number of rotatable bonds is 3. The minimum atomic E-state index is -0.649. The van der Waals surface area contributed by atoms with Crippen molar-refractivity contribution in [2.45, 2.75) is 13.5 Å². The lowest BCUT2D eigenvalue weighted by Gasteiger charge is -2.02. The number of pyridine rings is 1. The molecule has 1 N–H and O–H groups in total. The molecule has 0 aliphatic heterocycles. The van der Waals surface area contributed by atoms with E-state index in [9.17, 15) is 8.78 Å². The SMILES string of the molecule is CCNCc1cc(F)ncc1F. The molecule has 0 aliphatic carbocycles. The summed E-state index contributed by atoms with van der Waals surface area (Å²) in [5.41, 5.74) is 0.310. The van der Waals surface area contributed by atoms with Crippen molar-refractivity contribution in [3.8, 4) is 0 Å². The van der Waals surface area contributed by atoms with Gasteiger partial charge in [-0.3, -0.25) is 0 Å². The monoisotopic (exact) mass is 172 g/mol. The summed E-state index contributed by atoms with van der Waals surface area (Å²) in [6, 6.07) is 1.10. The summed E-state index contributed by atoms with van der Waals surface area (Å²) >= 11 is 0. The van der Waals surface area contributed by atoms with E-state index in [-0.39, 0.29) is 0 Å². The van der Waals surface area contributed by atoms with Gasteiger partial charge in [-0.2, -0.15) is 4.39 Å². The second kappa shape index (κ2) is 4.11. The molecule has 66 valence electrons. The first-order chi connectivity index (χ1) is 5.74. The molecule has 0 spiro atoms. The molecule has 1 rings (SSSR count). The second-order valence-electron chi connectivity index (χ2n) is 2.38. The zero-order chi connectivity index (χ0) is 8.97. The molecule has 0 aromatic carbocycles. The second-order valence-corrected chi connectivity index (χ2v) is 2.38. The maximum Gasteiger partial charge on any atom is 0.213 e. The average molecular weight is 172 g/mol. The van der Waals surface area contributed by atoms with Gasteiger partial charge in [0.05, 0.1) is 6.20 Å². The first-order valence-corrected chi connectivity index (χ1v) is 3.74. The Kier molecular flexibility index (Phi) is 3.10. The Bertz CT molecular complexity index is 263. The molecular weight excluding hydrogens is 162 g/mol. The van der Waals surface area contributed by atoms with E-state index in [0.29, 0.717) is 12.1 Å². The fourth-order valence-electron chi connectivity index (χ4n) is 0.846. The molecule has 0 aliphatic rings. The summed E-state index contributed by atoms with van der Waals surface area (Å²) in [5.74, 6) is -1.12. The van der Waals surface area contributed by atoms with Crippen LogP contribution < -0.4 is 5.32 Å². The van der Waals surface area contributed by atoms with Crippen LogP contribution in [0.1, 0.15) is 12.5 Å². The van der Waals surface area contributed by atoms with Gasteiger partial charge in [0.15, 0.2) is 0 Å². The van der Waals surface area contributed by atoms with Gasteiger partial charge >= 0.3 is 0 Å². The van der Waals surface area contributed by atoms with E-state index in [0.717, 1.165) is 18.8 Å². The number of nitrogens with zero attached hydrogens (tertiary/aromatic N) is 1. The Labute approximate surface area is 69.6 Å². The van der Waals surface area contributed by atoms with Gasteiger partial charge in [0.2, 0.25) is 5.95 Å². The fourth-order valence-corrected chi connectivity index (χ4v) is 0.846. The summed E-state index contributed by atoms with van der Waals surface area (Å²) in [6.45, 7) is 2.96. The maximum atomic E-state index is 12.8. The van der Waals surface area contributed by atoms with Crippen LogP contribution in [0.3, 0.4) is 0 Å². The van der Waals surface area contributed by atoms with Gasteiger partial charge in [-0.1, -0.05) is 6.92 Å². The molecule has 0 fully saturated rings. The topological polar surface area (TPSA) is 24.9 Å². The van der Waals surface area contributed by atoms with Crippen molar-refractivity contribution in [2.75, 3.05) is 6.54 Å². The van der Waals surface area contributed by atoms with Crippen LogP contribution in [0, 0.1) is 11.8 Å². The fraction of sp³-hybridized carbons (Fsp3) is 0.375. The van der Waals surface area contributed by atoms with Gasteiger partial charge in [-0.15, -0.1) is 0 Å². The Morgan fingerprint density at radius 1 is 1.50 bits per heavy atom. The van der Waals surface area contributed by atoms with Crippen LogP contribution in [0.15, 0.2) is 12.3 Å². The molecule has 1 aromatic rings. The number of aromatic nitrogens is 1. The number of hydrogen-bond acceptors (Lipinski definition) is 2. The number of hydrogen-bond donors (Lipinski definition) is 1. The van der Waals surface area contributed by atoms with E-state index in [1.807, 2.05) is 6.92 Å². The Hall–Kier alpha value is -1.03. The summed E-state index contributed by atoms with van der Waals surface area (Å²) in [4.78, 5) is 3.18. The molecule has 2 nitrogen and oxygen atoms in total. The Balaban J connectivity index is 2.75. The van der Waals surface area contributed by atoms with Gasteiger partial charge in [-0.05, 0) is 6.54 Å². The summed E-state index contributed by atoms with van der Waals surface area (Å²) in [7, 11) is 0. The van der Waals surface area contributed by atoms with E-state index in [1.165, 1.54) is 0 Å². The van der Waals surface area contributed by atoms with E-state index in [2.05, 4.69) is 10.3 Å². The third kappa shape index (κ3) is 2.23. The quantitative estimate of drug-likeness (QED) is 0.698. The van der Waals surface area contributed by atoms with Crippen LogP contribution >= 0.6 is 0 Å². The van der Waals surface area contributed by atoms with Crippen molar-refractivity contribution in [1.29, 1.82) is 0 Å². The lowest BCUT2D eigenvalue weighted by molar-refractivity contribution is 0.541. The zero-order valence-corrected chi connectivity index (χ0v) is 6.77. The van der Waals surface area contributed by atoms with Gasteiger partial charge in [0, 0.05) is 18.2 Å². The van der Waals surface area contributed by atoms with Gasteiger partial charge in [0.25, 0.3) is 0 Å².